The van der Waals surface area contributed by atoms with Crippen LogP contribution < -0.4 is 15.2 Å². The molecule has 0 radical (unpaired) electrons. The summed E-state index contributed by atoms with van der Waals surface area (Å²) in [5.41, 5.74) is 4.40. The van der Waals surface area contributed by atoms with Gasteiger partial charge in [0.1, 0.15) is 5.75 Å². The molecule has 0 unspecified atom stereocenters. The number of tetrazole rings is 1. The molecule has 0 saturated heterocycles. The van der Waals surface area contributed by atoms with Crippen molar-refractivity contribution in [3.05, 3.63) is 65.0 Å². The third-order valence-electron chi connectivity index (χ3n) is 5.73. The Kier molecular flexibility index (Phi) is 7.37. The zero-order valence-electron chi connectivity index (χ0n) is 19.8. The quantitative estimate of drug-likeness (QED) is 0.328. The van der Waals surface area contributed by atoms with E-state index in [4.69, 9.17) is 4.74 Å². The van der Waals surface area contributed by atoms with Crippen molar-refractivity contribution in [1.29, 1.82) is 0 Å². The molecule has 0 bridgehead atoms. The van der Waals surface area contributed by atoms with Gasteiger partial charge in [-0.1, -0.05) is 38.3 Å². The number of hydrogen-bond acceptors (Lipinski definition) is 6. The highest BCUT2D eigenvalue weighted by atomic mass is 16.5. The molecule has 8 heteroatoms. The number of unbranched alkanes of at least 4 members (excludes halogenated alkanes) is 3. The first kappa shape index (κ1) is 23.2. The summed E-state index contributed by atoms with van der Waals surface area (Å²) in [5, 5.41) is 14.2. The molecule has 8 nitrogen and oxygen atoms in total. The third-order valence-corrected chi connectivity index (χ3v) is 5.73. The molecule has 0 amide bonds. The maximum atomic E-state index is 13.2. The summed E-state index contributed by atoms with van der Waals surface area (Å²) in [4.78, 5) is 18.2. The average Bonchev–Trinajstić information content (AvgIpc) is 3.38. The standard InChI is InChI=1S/C26H30N6O2/c1-4-5-6-7-16-34-21-14-10-19(11-15-21)23-17-22(18-8-12-20(13-9-18)32(2)3)24(26(33)27-23)25-28-30-31-29-25/h8-15,17H,4-7,16H2,1-3H3,(H,27,33)(H,28,29,30,31). The number of anilines is 1. The molecule has 0 saturated carbocycles. The van der Waals surface area contributed by atoms with Gasteiger partial charge in [0.2, 0.25) is 5.82 Å². The Morgan fingerprint density at radius 1 is 0.941 bits per heavy atom. The smallest absolute Gasteiger partial charge is 0.260 e. The van der Waals surface area contributed by atoms with Crippen molar-refractivity contribution in [3.63, 3.8) is 0 Å². The van der Waals surface area contributed by atoms with Crippen molar-refractivity contribution >= 4 is 5.69 Å². The molecule has 4 rings (SSSR count). The molecule has 176 valence electrons. The van der Waals surface area contributed by atoms with Crippen molar-refractivity contribution in [3.8, 4) is 39.5 Å². The number of benzene rings is 2. The van der Waals surface area contributed by atoms with Crippen molar-refractivity contribution < 1.29 is 4.74 Å². The molecule has 2 aromatic heterocycles. The topological polar surface area (TPSA) is 99.8 Å². The Labute approximate surface area is 199 Å². The largest absolute Gasteiger partial charge is 0.494 e. The van der Waals surface area contributed by atoms with E-state index in [-0.39, 0.29) is 11.4 Å². The number of nitrogens with zero attached hydrogens (tertiary/aromatic N) is 4. The Morgan fingerprint density at radius 3 is 2.32 bits per heavy atom. The molecule has 0 aliphatic carbocycles. The number of H-pyrrole nitrogens is 2. The van der Waals surface area contributed by atoms with Crippen LogP contribution in [0.5, 0.6) is 5.75 Å². The van der Waals surface area contributed by atoms with Gasteiger partial charge < -0.3 is 14.6 Å². The van der Waals surface area contributed by atoms with Crippen LogP contribution in [0.15, 0.2) is 59.4 Å². The Morgan fingerprint density at radius 2 is 1.68 bits per heavy atom. The number of aromatic nitrogens is 5. The molecule has 0 atom stereocenters. The molecule has 34 heavy (non-hydrogen) atoms. The molecule has 0 fully saturated rings. The summed E-state index contributed by atoms with van der Waals surface area (Å²) in [5.74, 6) is 1.08. The first-order valence-electron chi connectivity index (χ1n) is 11.6. The minimum Gasteiger partial charge on any atom is -0.494 e. The minimum absolute atomic E-state index is 0.256. The fraction of sp³-hybridized carbons (Fsp3) is 0.308. The van der Waals surface area contributed by atoms with Crippen LogP contribution in [0.2, 0.25) is 0 Å². The molecule has 2 aromatic carbocycles. The van der Waals surface area contributed by atoms with Gasteiger partial charge in [-0.25, -0.2) is 0 Å². The molecular formula is C26H30N6O2. The van der Waals surface area contributed by atoms with Crippen LogP contribution in [0.1, 0.15) is 32.6 Å². The number of aromatic amines is 2. The van der Waals surface area contributed by atoms with Gasteiger partial charge in [0, 0.05) is 31.0 Å². The molecule has 0 aliphatic heterocycles. The summed E-state index contributed by atoms with van der Waals surface area (Å²) < 4.78 is 5.86. The number of pyridine rings is 1. The minimum atomic E-state index is -0.276. The second-order valence-corrected chi connectivity index (χ2v) is 8.41. The van der Waals surface area contributed by atoms with Crippen LogP contribution in [0.3, 0.4) is 0 Å². The summed E-state index contributed by atoms with van der Waals surface area (Å²) >= 11 is 0. The SMILES string of the molecule is CCCCCCOc1ccc(-c2cc(-c3ccc(N(C)C)cc3)c(-c3nn[nH]n3)c(=O)[nH]2)cc1. The molecule has 4 aromatic rings. The predicted molar refractivity (Wildman–Crippen MR) is 135 cm³/mol. The highest BCUT2D eigenvalue weighted by molar-refractivity contribution is 5.83. The van der Waals surface area contributed by atoms with Crippen LogP contribution in [-0.2, 0) is 0 Å². The van der Waals surface area contributed by atoms with Gasteiger partial charge in [-0.15, -0.1) is 10.2 Å². The number of hydrogen-bond donors (Lipinski definition) is 2. The zero-order valence-corrected chi connectivity index (χ0v) is 19.8. The lowest BCUT2D eigenvalue weighted by atomic mass is 9.98. The lowest BCUT2D eigenvalue weighted by molar-refractivity contribution is 0.305. The predicted octanol–water partition coefficient (Wildman–Crippen LogP) is 4.91. The fourth-order valence-corrected chi connectivity index (χ4v) is 3.82. The van der Waals surface area contributed by atoms with Crippen molar-refractivity contribution in [2.24, 2.45) is 0 Å². The lowest BCUT2D eigenvalue weighted by Crippen LogP contribution is -2.13. The summed E-state index contributed by atoms with van der Waals surface area (Å²) in [6.45, 7) is 2.91. The van der Waals surface area contributed by atoms with Gasteiger partial charge in [-0.05, 0) is 65.2 Å². The van der Waals surface area contributed by atoms with Crippen molar-refractivity contribution in [2.45, 2.75) is 32.6 Å². The lowest BCUT2D eigenvalue weighted by Gasteiger charge is -2.14. The van der Waals surface area contributed by atoms with E-state index in [0.29, 0.717) is 17.9 Å². The fourth-order valence-electron chi connectivity index (χ4n) is 3.82. The van der Waals surface area contributed by atoms with Crippen LogP contribution in [0, 0.1) is 0 Å². The number of rotatable bonds is 10. The van der Waals surface area contributed by atoms with E-state index in [1.165, 1.54) is 19.3 Å². The van der Waals surface area contributed by atoms with Gasteiger partial charge in [-0.3, -0.25) is 4.79 Å². The van der Waals surface area contributed by atoms with Gasteiger partial charge >= 0.3 is 0 Å². The second kappa shape index (κ2) is 10.8. The van der Waals surface area contributed by atoms with E-state index in [1.807, 2.05) is 73.6 Å². The molecular weight excluding hydrogens is 428 g/mol. The van der Waals surface area contributed by atoms with Crippen LogP contribution in [0.4, 0.5) is 5.69 Å². The first-order chi connectivity index (χ1) is 16.6. The summed E-state index contributed by atoms with van der Waals surface area (Å²) in [6.07, 6.45) is 4.67. The first-order valence-corrected chi connectivity index (χ1v) is 11.6. The number of nitrogens with one attached hydrogen (secondary N) is 2. The Bertz CT molecular complexity index is 1250. The maximum Gasteiger partial charge on any atom is 0.260 e. The molecule has 2 N–H and O–H groups in total. The Hall–Kier alpha value is -3.94. The van der Waals surface area contributed by atoms with E-state index in [0.717, 1.165) is 34.5 Å². The summed E-state index contributed by atoms with van der Waals surface area (Å²) in [7, 11) is 3.98. The highest BCUT2D eigenvalue weighted by Gasteiger charge is 2.18. The normalized spacial score (nSPS) is 10.9. The van der Waals surface area contributed by atoms with E-state index in [1.54, 1.807) is 0 Å². The van der Waals surface area contributed by atoms with Crippen LogP contribution >= 0.6 is 0 Å². The van der Waals surface area contributed by atoms with Gasteiger partial charge in [0.15, 0.2) is 0 Å². The second-order valence-electron chi connectivity index (χ2n) is 8.41. The highest BCUT2D eigenvalue weighted by Crippen LogP contribution is 2.32. The van der Waals surface area contributed by atoms with Crippen molar-refractivity contribution in [1.82, 2.24) is 25.6 Å². The maximum absolute atomic E-state index is 13.2. The third kappa shape index (κ3) is 5.33. The average molecular weight is 459 g/mol. The van der Waals surface area contributed by atoms with E-state index < -0.39 is 0 Å². The molecule has 0 spiro atoms. The molecule has 2 heterocycles. The van der Waals surface area contributed by atoms with Crippen LogP contribution in [0.25, 0.3) is 33.8 Å². The molecule has 0 aliphatic rings. The number of ether oxygens (including phenoxy) is 1. The Balaban J connectivity index is 1.66. The zero-order chi connectivity index (χ0) is 23.9. The van der Waals surface area contributed by atoms with Gasteiger partial charge in [0.05, 0.1) is 12.2 Å². The summed E-state index contributed by atoms with van der Waals surface area (Å²) in [6, 6.07) is 17.8. The van der Waals surface area contributed by atoms with E-state index in [2.05, 4.69) is 32.5 Å². The van der Waals surface area contributed by atoms with E-state index in [9.17, 15) is 4.79 Å². The van der Waals surface area contributed by atoms with Gasteiger partial charge in [0.25, 0.3) is 5.56 Å². The van der Waals surface area contributed by atoms with Crippen molar-refractivity contribution in [2.75, 3.05) is 25.6 Å². The van der Waals surface area contributed by atoms with E-state index >= 15 is 0 Å². The van der Waals surface area contributed by atoms with Crippen LogP contribution in [-0.4, -0.2) is 46.3 Å². The van der Waals surface area contributed by atoms with Gasteiger partial charge in [-0.2, -0.15) is 5.21 Å². The monoisotopic (exact) mass is 458 g/mol.